The van der Waals surface area contributed by atoms with Crippen LogP contribution in [-0.2, 0) is 14.3 Å². The van der Waals surface area contributed by atoms with E-state index in [1.807, 2.05) is 6.92 Å². The molecule has 0 saturated carbocycles. The van der Waals surface area contributed by atoms with Crippen LogP contribution in [0.1, 0.15) is 27.2 Å². The molecule has 76 valence electrons. The number of hydrogen-bond acceptors (Lipinski definition) is 3. The van der Waals surface area contributed by atoms with Crippen LogP contribution in [0.4, 0.5) is 4.39 Å². The second-order valence-corrected chi connectivity index (χ2v) is 3.36. The van der Waals surface area contributed by atoms with Crippen molar-refractivity contribution < 1.29 is 18.7 Å². The van der Waals surface area contributed by atoms with Crippen molar-refractivity contribution in [3.63, 3.8) is 0 Å². The molecular formula is C9H15FO3. The number of esters is 1. The van der Waals surface area contributed by atoms with E-state index in [0.717, 1.165) is 6.42 Å². The van der Waals surface area contributed by atoms with Crippen molar-refractivity contribution in [2.24, 2.45) is 5.92 Å². The van der Waals surface area contributed by atoms with Gasteiger partial charge in [-0.05, 0) is 6.42 Å². The zero-order valence-corrected chi connectivity index (χ0v) is 8.12. The molecule has 0 spiro atoms. The van der Waals surface area contributed by atoms with Crippen LogP contribution in [0.5, 0.6) is 0 Å². The molecule has 0 aromatic heterocycles. The Labute approximate surface area is 77.2 Å². The Bertz CT molecular complexity index is 195. The Morgan fingerprint density at radius 3 is 2.62 bits per heavy atom. The summed E-state index contributed by atoms with van der Waals surface area (Å²) in [7, 11) is 0. The summed E-state index contributed by atoms with van der Waals surface area (Å²) in [6.07, 6.45) is -1.61. The Hall–Kier alpha value is -0.640. The van der Waals surface area contributed by atoms with Gasteiger partial charge in [-0.3, -0.25) is 4.79 Å². The van der Waals surface area contributed by atoms with Gasteiger partial charge in [0, 0.05) is 12.8 Å². The molecule has 0 aliphatic carbocycles. The van der Waals surface area contributed by atoms with Gasteiger partial charge in [0.2, 0.25) is 6.29 Å². The van der Waals surface area contributed by atoms with Crippen molar-refractivity contribution in [2.45, 2.75) is 45.8 Å². The fourth-order valence-corrected chi connectivity index (χ4v) is 1.55. The quantitative estimate of drug-likeness (QED) is 0.621. The van der Waals surface area contributed by atoms with E-state index < -0.39 is 18.4 Å². The monoisotopic (exact) mass is 190 g/mol. The SMILES string of the molecule is CC[C@H]1OC(OC(C)=O)[C@H](F)[C@H]1C. The summed E-state index contributed by atoms with van der Waals surface area (Å²) in [5, 5.41) is 0. The molecule has 3 nitrogen and oxygen atoms in total. The Balaban J connectivity index is 2.55. The zero-order valence-electron chi connectivity index (χ0n) is 8.12. The average molecular weight is 190 g/mol. The highest BCUT2D eigenvalue weighted by molar-refractivity contribution is 5.66. The van der Waals surface area contributed by atoms with Gasteiger partial charge in [-0.25, -0.2) is 4.39 Å². The number of ether oxygens (including phenoxy) is 2. The van der Waals surface area contributed by atoms with Crippen LogP contribution in [0.15, 0.2) is 0 Å². The first-order chi connectivity index (χ1) is 6.06. The van der Waals surface area contributed by atoms with Gasteiger partial charge in [-0.1, -0.05) is 13.8 Å². The van der Waals surface area contributed by atoms with E-state index in [4.69, 9.17) is 4.74 Å². The van der Waals surface area contributed by atoms with E-state index in [0.29, 0.717) is 0 Å². The Morgan fingerprint density at radius 2 is 2.23 bits per heavy atom. The molecule has 0 bridgehead atoms. The van der Waals surface area contributed by atoms with Crippen molar-refractivity contribution in [1.29, 1.82) is 0 Å². The van der Waals surface area contributed by atoms with Gasteiger partial charge >= 0.3 is 5.97 Å². The number of carbonyl (C=O) groups is 1. The first-order valence-corrected chi connectivity index (χ1v) is 4.53. The van der Waals surface area contributed by atoms with E-state index in [-0.39, 0.29) is 12.0 Å². The molecule has 1 aliphatic rings. The summed E-state index contributed by atoms with van der Waals surface area (Å²) < 4.78 is 23.3. The fraction of sp³-hybridized carbons (Fsp3) is 0.889. The van der Waals surface area contributed by atoms with Crippen molar-refractivity contribution >= 4 is 5.97 Å². The van der Waals surface area contributed by atoms with Gasteiger partial charge in [-0.15, -0.1) is 0 Å². The highest BCUT2D eigenvalue weighted by atomic mass is 19.1. The van der Waals surface area contributed by atoms with E-state index >= 15 is 0 Å². The Kier molecular flexibility index (Phi) is 3.25. The van der Waals surface area contributed by atoms with Gasteiger partial charge < -0.3 is 9.47 Å². The van der Waals surface area contributed by atoms with Crippen LogP contribution in [-0.4, -0.2) is 24.5 Å². The third-order valence-electron chi connectivity index (χ3n) is 2.34. The van der Waals surface area contributed by atoms with E-state index in [1.165, 1.54) is 6.92 Å². The van der Waals surface area contributed by atoms with Crippen LogP contribution in [0.25, 0.3) is 0 Å². The normalized spacial score (nSPS) is 39.1. The summed E-state index contributed by atoms with van der Waals surface area (Å²) in [5.41, 5.74) is 0. The van der Waals surface area contributed by atoms with Gasteiger partial charge in [-0.2, -0.15) is 0 Å². The van der Waals surface area contributed by atoms with E-state index in [2.05, 4.69) is 4.74 Å². The maximum atomic E-state index is 13.4. The van der Waals surface area contributed by atoms with Crippen molar-refractivity contribution in [3.8, 4) is 0 Å². The lowest BCUT2D eigenvalue weighted by Gasteiger charge is -2.12. The second kappa shape index (κ2) is 4.05. The van der Waals surface area contributed by atoms with Crippen LogP contribution < -0.4 is 0 Å². The second-order valence-electron chi connectivity index (χ2n) is 3.36. The van der Waals surface area contributed by atoms with Crippen LogP contribution in [0, 0.1) is 5.92 Å². The molecule has 4 atom stereocenters. The lowest BCUT2D eigenvalue weighted by molar-refractivity contribution is -0.180. The molecule has 1 fully saturated rings. The Morgan fingerprint density at radius 1 is 1.62 bits per heavy atom. The third kappa shape index (κ3) is 2.18. The minimum atomic E-state index is -1.20. The van der Waals surface area contributed by atoms with E-state index in [9.17, 15) is 9.18 Å². The highest BCUT2D eigenvalue weighted by Crippen LogP contribution is 2.31. The number of alkyl halides is 1. The highest BCUT2D eigenvalue weighted by Gasteiger charge is 2.43. The maximum absolute atomic E-state index is 13.4. The van der Waals surface area contributed by atoms with Crippen LogP contribution in [0.2, 0.25) is 0 Å². The van der Waals surface area contributed by atoms with Gasteiger partial charge in [0.05, 0.1) is 6.10 Å². The summed E-state index contributed by atoms with van der Waals surface area (Å²) in [5.74, 6) is -0.703. The molecular weight excluding hydrogens is 175 g/mol. The topological polar surface area (TPSA) is 35.5 Å². The standard InChI is InChI=1S/C9H15FO3/c1-4-7-5(2)8(10)9(13-7)12-6(3)11/h5,7-9H,4H2,1-3H3/t5-,7+,8+,9?/m0/s1. The molecule has 13 heavy (non-hydrogen) atoms. The van der Waals surface area contributed by atoms with Crippen LogP contribution >= 0.6 is 0 Å². The fourth-order valence-electron chi connectivity index (χ4n) is 1.55. The number of halogens is 1. The minimum absolute atomic E-state index is 0.139. The zero-order chi connectivity index (χ0) is 10.0. The summed E-state index contributed by atoms with van der Waals surface area (Å²) in [4.78, 5) is 10.6. The average Bonchev–Trinajstić information content (AvgIpc) is 2.32. The lowest BCUT2D eigenvalue weighted by Crippen LogP contribution is -2.25. The molecule has 4 heteroatoms. The molecule has 0 radical (unpaired) electrons. The van der Waals surface area contributed by atoms with Gasteiger partial charge in [0.15, 0.2) is 6.17 Å². The molecule has 1 saturated heterocycles. The molecule has 0 aromatic rings. The molecule has 1 aliphatic heterocycles. The largest absolute Gasteiger partial charge is 0.433 e. The third-order valence-corrected chi connectivity index (χ3v) is 2.34. The summed E-state index contributed by atoms with van der Waals surface area (Å²) in [6, 6.07) is 0. The summed E-state index contributed by atoms with van der Waals surface area (Å²) >= 11 is 0. The maximum Gasteiger partial charge on any atom is 0.305 e. The van der Waals surface area contributed by atoms with Crippen molar-refractivity contribution in [2.75, 3.05) is 0 Å². The first-order valence-electron chi connectivity index (χ1n) is 4.53. The molecule has 0 aromatic carbocycles. The number of hydrogen-bond donors (Lipinski definition) is 0. The first kappa shape index (κ1) is 10.4. The van der Waals surface area contributed by atoms with E-state index in [1.54, 1.807) is 6.92 Å². The number of rotatable bonds is 2. The smallest absolute Gasteiger partial charge is 0.305 e. The predicted octanol–water partition coefficient (Wildman–Crippen LogP) is 1.66. The molecule has 0 amide bonds. The minimum Gasteiger partial charge on any atom is -0.433 e. The number of carbonyl (C=O) groups excluding carboxylic acids is 1. The predicted molar refractivity (Wildman–Crippen MR) is 44.8 cm³/mol. The van der Waals surface area contributed by atoms with Gasteiger partial charge in [0.25, 0.3) is 0 Å². The van der Waals surface area contributed by atoms with Crippen molar-refractivity contribution in [1.82, 2.24) is 0 Å². The molecule has 1 heterocycles. The molecule has 1 unspecified atom stereocenters. The van der Waals surface area contributed by atoms with Crippen molar-refractivity contribution in [3.05, 3.63) is 0 Å². The molecule has 1 rings (SSSR count). The summed E-state index contributed by atoms with van der Waals surface area (Å²) in [6.45, 7) is 4.94. The lowest BCUT2D eigenvalue weighted by atomic mass is 10.0. The van der Waals surface area contributed by atoms with Crippen LogP contribution in [0.3, 0.4) is 0 Å². The molecule has 0 N–H and O–H groups in total. The van der Waals surface area contributed by atoms with Gasteiger partial charge in [0.1, 0.15) is 0 Å².